The standard InChI is InChI=1S/C22H20N2O4/c25-14-18-10-6-12-23(18)21(26)20-13-17-9-4-5-11-19(17)24(20)22(27)28-15-16-7-2-1-3-8-16/h1-5,7-9,11,13-14,18H,6,10,12,15H2. The summed E-state index contributed by atoms with van der Waals surface area (Å²) in [5, 5.41) is 0.768. The minimum absolute atomic E-state index is 0.112. The molecule has 0 saturated carbocycles. The highest BCUT2D eigenvalue weighted by Gasteiger charge is 2.32. The molecule has 3 aromatic rings. The number of amides is 1. The summed E-state index contributed by atoms with van der Waals surface area (Å²) in [6.45, 7) is 0.614. The predicted molar refractivity (Wildman–Crippen MR) is 104 cm³/mol. The number of ether oxygens (including phenoxy) is 1. The van der Waals surface area contributed by atoms with Crippen LogP contribution in [0.4, 0.5) is 4.79 Å². The van der Waals surface area contributed by atoms with Gasteiger partial charge in [-0.1, -0.05) is 48.5 Å². The third kappa shape index (κ3) is 3.29. The van der Waals surface area contributed by atoms with Crippen LogP contribution in [0.15, 0.2) is 60.7 Å². The Bertz CT molecular complexity index is 1030. The zero-order valence-corrected chi connectivity index (χ0v) is 15.3. The number of hydrogen-bond donors (Lipinski definition) is 0. The first-order valence-electron chi connectivity index (χ1n) is 9.27. The highest BCUT2D eigenvalue weighted by atomic mass is 16.5. The third-order valence-electron chi connectivity index (χ3n) is 5.03. The molecule has 28 heavy (non-hydrogen) atoms. The van der Waals surface area contributed by atoms with E-state index in [2.05, 4.69) is 0 Å². The third-order valence-corrected chi connectivity index (χ3v) is 5.03. The lowest BCUT2D eigenvalue weighted by Crippen LogP contribution is -2.38. The van der Waals surface area contributed by atoms with E-state index in [4.69, 9.17) is 4.74 Å². The number of aldehydes is 1. The second-order valence-electron chi connectivity index (χ2n) is 6.81. The van der Waals surface area contributed by atoms with Gasteiger partial charge >= 0.3 is 6.09 Å². The van der Waals surface area contributed by atoms with E-state index in [1.807, 2.05) is 48.5 Å². The number of likely N-dealkylation sites (tertiary alicyclic amines) is 1. The highest BCUT2D eigenvalue weighted by molar-refractivity contribution is 6.04. The molecular weight excluding hydrogens is 356 g/mol. The van der Waals surface area contributed by atoms with E-state index in [0.29, 0.717) is 18.5 Å². The Morgan fingerprint density at radius 3 is 2.61 bits per heavy atom. The Morgan fingerprint density at radius 2 is 1.82 bits per heavy atom. The number of rotatable bonds is 4. The summed E-state index contributed by atoms with van der Waals surface area (Å²) in [6.07, 6.45) is 1.60. The van der Waals surface area contributed by atoms with Gasteiger partial charge in [0.25, 0.3) is 5.91 Å². The van der Waals surface area contributed by atoms with Gasteiger partial charge in [0.05, 0.1) is 11.6 Å². The minimum Gasteiger partial charge on any atom is -0.444 e. The molecule has 0 aliphatic carbocycles. The van der Waals surface area contributed by atoms with Gasteiger partial charge in [-0.2, -0.15) is 0 Å². The molecular formula is C22H20N2O4. The van der Waals surface area contributed by atoms with E-state index >= 15 is 0 Å². The van der Waals surface area contributed by atoms with Crippen LogP contribution in [0, 0.1) is 0 Å². The van der Waals surface area contributed by atoms with Gasteiger partial charge in [0.15, 0.2) is 0 Å². The number of carbonyl (C=O) groups excluding carboxylic acids is 3. The number of nitrogens with zero attached hydrogens (tertiary/aromatic N) is 2. The molecule has 1 saturated heterocycles. The molecule has 0 spiro atoms. The second kappa shape index (κ2) is 7.68. The van der Waals surface area contributed by atoms with E-state index in [1.54, 1.807) is 12.1 Å². The van der Waals surface area contributed by atoms with Gasteiger partial charge < -0.3 is 14.4 Å². The fraction of sp³-hybridized carbons (Fsp3) is 0.227. The first-order valence-corrected chi connectivity index (χ1v) is 9.27. The molecule has 6 heteroatoms. The second-order valence-corrected chi connectivity index (χ2v) is 6.81. The Balaban J connectivity index is 1.68. The Kier molecular flexibility index (Phi) is 4.93. The Hall–Kier alpha value is -3.41. The molecule has 1 amide bonds. The first kappa shape index (κ1) is 18.0. The van der Waals surface area contributed by atoms with Gasteiger partial charge in [-0.25, -0.2) is 9.36 Å². The minimum atomic E-state index is -0.616. The molecule has 1 aliphatic rings. The van der Waals surface area contributed by atoms with Crippen LogP contribution < -0.4 is 0 Å². The summed E-state index contributed by atoms with van der Waals surface area (Å²) in [5.74, 6) is -0.331. The molecule has 2 aromatic carbocycles. The quantitative estimate of drug-likeness (QED) is 0.652. The first-order chi connectivity index (χ1) is 13.7. The summed E-state index contributed by atoms with van der Waals surface area (Å²) < 4.78 is 6.78. The molecule has 142 valence electrons. The van der Waals surface area contributed by atoms with Gasteiger partial charge in [0.2, 0.25) is 0 Å². The predicted octanol–water partition coefficient (Wildman–Crippen LogP) is 3.63. The summed E-state index contributed by atoms with van der Waals surface area (Å²) in [4.78, 5) is 38.8. The van der Waals surface area contributed by atoms with Crippen LogP contribution in [-0.2, 0) is 16.1 Å². The molecule has 1 fully saturated rings. The van der Waals surface area contributed by atoms with Crippen molar-refractivity contribution in [3.8, 4) is 0 Å². The molecule has 6 nitrogen and oxygen atoms in total. The fourth-order valence-corrected chi connectivity index (χ4v) is 3.63. The van der Waals surface area contributed by atoms with Crippen molar-refractivity contribution in [1.29, 1.82) is 0 Å². The number of aromatic nitrogens is 1. The van der Waals surface area contributed by atoms with Crippen molar-refractivity contribution in [1.82, 2.24) is 9.47 Å². The van der Waals surface area contributed by atoms with Crippen molar-refractivity contribution in [3.05, 3.63) is 71.9 Å². The fourth-order valence-electron chi connectivity index (χ4n) is 3.63. The van der Waals surface area contributed by atoms with Crippen LogP contribution in [0.3, 0.4) is 0 Å². The lowest BCUT2D eigenvalue weighted by molar-refractivity contribution is -0.111. The summed E-state index contributed by atoms with van der Waals surface area (Å²) >= 11 is 0. The van der Waals surface area contributed by atoms with Crippen molar-refractivity contribution >= 4 is 29.2 Å². The van der Waals surface area contributed by atoms with E-state index in [9.17, 15) is 14.4 Å². The number of para-hydroxylation sites is 1. The Labute approximate surface area is 162 Å². The maximum atomic E-state index is 13.1. The van der Waals surface area contributed by atoms with Crippen molar-refractivity contribution in [2.24, 2.45) is 0 Å². The van der Waals surface area contributed by atoms with E-state index in [1.165, 1.54) is 9.47 Å². The average molecular weight is 376 g/mol. The van der Waals surface area contributed by atoms with E-state index in [-0.39, 0.29) is 18.2 Å². The summed E-state index contributed by atoms with van der Waals surface area (Å²) in [6, 6.07) is 17.9. The van der Waals surface area contributed by atoms with Crippen molar-refractivity contribution in [2.45, 2.75) is 25.5 Å². The van der Waals surface area contributed by atoms with Crippen LogP contribution >= 0.6 is 0 Å². The van der Waals surface area contributed by atoms with Crippen molar-refractivity contribution in [2.75, 3.05) is 6.54 Å². The summed E-state index contributed by atoms with van der Waals surface area (Å²) in [7, 11) is 0. The van der Waals surface area contributed by atoms with Gasteiger partial charge in [0.1, 0.15) is 18.6 Å². The number of hydrogen-bond acceptors (Lipinski definition) is 4. The van der Waals surface area contributed by atoms with Gasteiger partial charge in [-0.3, -0.25) is 4.79 Å². The van der Waals surface area contributed by atoms with E-state index < -0.39 is 12.1 Å². The zero-order valence-electron chi connectivity index (χ0n) is 15.3. The van der Waals surface area contributed by atoms with Crippen molar-refractivity contribution < 1.29 is 19.1 Å². The largest absolute Gasteiger partial charge is 0.444 e. The zero-order chi connectivity index (χ0) is 19.5. The van der Waals surface area contributed by atoms with Gasteiger partial charge in [-0.05, 0) is 30.5 Å². The van der Waals surface area contributed by atoms with Crippen LogP contribution in [0.25, 0.3) is 10.9 Å². The lowest BCUT2D eigenvalue weighted by Gasteiger charge is -2.21. The molecule has 0 N–H and O–H groups in total. The highest BCUT2D eigenvalue weighted by Crippen LogP contribution is 2.25. The number of benzene rings is 2. The monoisotopic (exact) mass is 376 g/mol. The van der Waals surface area contributed by atoms with E-state index in [0.717, 1.165) is 23.7 Å². The average Bonchev–Trinajstić information content (AvgIpc) is 3.36. The summed E-state index contributed by atoms with van der Waals surface area (Å²) in [5.41, 5.74) is 1.68. The van der Waals surface area contributed by atoms with Crippen LogP contribution in [-0.4, -0.2) is 40.3 Å². The molecule has 0 bridgehead atoms. The smallest absolute Gasteiger partial charge is 0.419 e. The van der Waals surface area contributed by atoms with Crippen LogP contribution in [0.2, 0.25) is 0 Å². The maximum absolute atomic E-state index is 13.1. The van der Waals surface area contributed by atoms with Crippen LogP contribution in [0.5, 0.6) is 0 Å². The maximum Gasteiger partial charge on any atom is 0.419 e. The molecule has 4 rings (SSSR count). The molecule has 1 unspecified atom stereocenters. The SMILES string of the molecule is O=CC1CCCN1C(=O)c1cc2ccccc2n1C(=O)OCc1ccccc1. The van der Waals surface area contributed by atoms with Gasteiger partial charge in [-0.15, -0.1) is 0 Å². The normalized spacial score (nSPS) is 16.3. The number of carbonyl (C=O) groups is 3. The van der Waals surface area contributed by atoms with Crippen molar-refractivity contribution in [3.63, 3.8) is 0 Å². The lowest BCUT2D eigenvalue weighted by atomic mass is 10.2. The number of fused-ring (bicyclic) bond motifs is 1. The van der Waals surface area contributed by atoms with Crippen LogP contribution in [0.1, 0.15) is 28.9 Å². The molecule has 0 radical (unpaired) electrons. The Morgan fingerprint density at radius 1 is 1.07 bits per heavy atom. The topological polar surface area (TPSA) is 68.6 Å². The molecule has 1 aromatic heterocycles. The molecule has 1 aliphatic heterocycles. The van der Waals surface area contributed by atoms with Gasteiger partial charge in [0, 0.05) is 11.9 Å². The molecule has 2 heterocycles. The molecule has 1 atom stereocenters.